The number of carboxylic acid groups (broad SMARTS) is 1. The second-order valence-corrected chi connectivity index (χ2v) is 7.60. The summed E-state index contributed by atoms with van der Waals surface area (Å²) in [4.78, 5) is 28.7. The first-order chi connectivity index (χ1) is 14.3. The SMILES string of the molecule is COCC(N)c1cccnc1-c1c(F)cn2c(=O)c(C(=O)O)cc(C3CC3)c2c1C. The number of aromatic carboxylic acids is 1. The van der Waals surface area contributed by atoms with Crippen molar-refractivity contribution in [1.82, 2.24) is 9.38 Å². The van der Waals surface area contributed by atoms with Gasteiger partial charge in [0.2, 0.25) is 0 Å². The molecule has 0 aliphatic heterocycles. The van der Waals surface area contributed by atoms with Gasteiger partial charge in [-0.25, -0.2) is 9.18 Å². The van der Waals surface area contributed by atoms with Gasteiger partial charge in [0.25, 0.3) is 5.56 Å². The first-order valence-corrected chi connectivity index (χ1v) is 9.66. The third-order valence-corrected chi connectivity index (χ3v) is 5.54. The third-order valence-electron chi connectivity index (χ3n) is 5.54. The fourth-order valence-corrected chi connectivity index (χ4v) is 4.00. The Hall–Kier alpha value is -3.10. The van der Waals surface area contributed by atoms with Crippen molar-refractivity contribution in [3.8, 4) is 11.3 Å². The smallest absolute Gasteiger partial charge is 0.341 e. The molecule has 0 saturated heterocycles. The zero-order valence-corrected chi connectivity index (χ0v) is 16.7. The number of hydrogen-bond acceptors (Lipinski definition) is 5. The molecular weight excluding hydrogens is 389 g/mol. The standard InChI is InChI=1S/C22H22FN3O4/c1-11-18(19-13(4-3-7-25-19)17(24)10-30-2)16(23)9-26-20(11)14(12-5-6-12)8-15(21(26)27)22(28)29/h3-4,7-9,12,17H,5-6,10,24H2,1-2H3,(H,28,29). The molecule has 0 bridgehead atoms. The van der Waals surface area contributed by atoms with Crippen LogP contribution in [0.2, 0.25) is 0 Å². The quantitative estimate of drug-likeness (QED) is 0.646. The number of aromatic nitrogens is 2. The Bertz CT molecular complexity index is 1220. The molecule has 1 saturated carbocycles. The fraction of sp³-hybridized carbons (Fsp3) is 0.318. The van der Waals surface area contributed by atoms with E-state index in [0.717, 1.165) is 29.0 Å². The fourth-order valence-electron chi connectivity index (χ4n) is 4.00. The van der Waals surface area contributed by atoms with E-state index in [1.54, 1.807) is 25.3 Å². The Balaban J connectivity index is 2.06. The number of halogens is 1. The number of nitrogens with zero attached hydrogens (tertiary/aromatic N) is 2. The van der Waals surface area contributed by atoms with Crippen molar-refractivity contribution in [3.63, 3.8) is 0 Å². The van der Waals surface area contributed by atoms with Crippen molar-refractivity contribution < 1.29 is 19.0 Å². The molecule has 7 nitrogen and oxygen atoms in total. The predicted octanol–water partition coefficient (Wildman–Crippen LogP) is 3.03. The van der Waals surface area contributed by atoms with Crippen LogP contribution < -0.4 is 11.3 Å². The lowest BCUT2D eigenvalue weighted by Crippen LogP contribution is -2.24. The minimum atomic E-state index is -1.32. The lowest BCUT2D eigenvalue weighted by atomic mass is 9.94. The van der Waals surface area contributed by atoms with Crippen LogP contribution >= 0.6 is 0 Å². The summed E-state index contributed by atoms with van der Waals surface area (Å²) >= 11 is 0. The summed E-state index contributed by atoms with van der Waals surface area (Å²) in [6, 6.07) is 4.43. The van der Waals surface area contributed by atoms with E-state index < -0.39 is 23.4 Å². The maximum absolute atomic E-state index is 15.3. The Morgan fingerprint density at radius 1 is 1.47 bits per heavy atom. The van der Waals surface area contributed by atoms with Crippen LogP contribution in [-0.2, 0) is 4.74 Å². The van der Waals surface area contributed by atoms with E-state index in [1.807, 2.05) is 0 Å². The number of nitrogens with two attached hydrogens (primary N) is 1. The van der Waals surface area contributed by atoms with Crippen LogP contribution in [0.1, 0.15) is 51.8 Å². The van der Waals surface area contributed by atoms with E-state index in [1.165, 1.54) is 13.2 Å². The van der Waals surface area contributed by atoms with Crippen molar-refractivity contribution in [2.45, 2.75) is 31.7 Å². The number of carbonyl (C=O) groups is 1. The Kier molecular flexibility index (Phi) is 5.13. The molecule has 3 heterocycles. The Morgan fingerprint density at radius 3 is 2.83 bits per heavy atom. The van der Waals surface area contributed by atoms with Crippen LogP contribution in [0.3, 0.4) is 0 Å². The molecule has 0 radical (unpaired) electrons. The van der Waals surface area contributed by atoms with Crippen molar-refractivity contribution in [2.75, 3.05) is 13.7 Å². The molecule has 1 aliphatic carbocycles. The summed E-state index contributed by atoms with van der Waals surface area (Å²) < 4.78 is 21.6. The average molecular weight is 411 g/mol. The molecule has 1 atom stereocenters. The highest BCUT2D eigenvalue weighted by atomic mass is 19.1. The van der Waals surface area contributed by atoms with Gasteiger partial charge >= 0.3 is 5.97 Å². The molecule has 1 aliphatic rings. The highest BCUT2D eigenvalue weighted by Crippen LogP contribution is 2.44. The molecule has 3 aromatic heterocycles. The molecule has 0 aromatic carbocycles. The van der Waals surface area contributed by atoms with E-state index in [0.29, 0.717) is 22.3 Å². The van der Waals surface area contributed by atoms with Crippen molar-refractivity contribution in [2.24, 2.45) is 5.73 Å². The molecule has 156 valence electrons. The minimum Gasteiger partial charge on any atom is -0.477 e. The number of methoxy groups -OCH3 is 1. The van der Waals surface area contributed by atoms with Gasteiger partial charge in [0.05, 0.1) is 23.9 Å². The third kappa shape index (κ3) is 3.28. The van der Waals surface area contributed by atoms with Crippen molar-refractivity contribution in [1.29, 1.82) is 0 Å². The summed E-state index contributed by atoms with van der Waals surface area (Å²) in [6.45, 7) is 1.96. The topological polar surface area (TPSA) is 107 Å². The normalized spacial score (nSPS) is 14.8. The number of rotatable bonds is 6. The van der Waals surface area contributed by atoms with Crippen LogP contribution in [0.25, 0.3) is 16.8 Å². The number of ether oxygens (including phenoxy) is 1. The zero-order valence-electron chi connectivity index (χ0n) is 16.7. The molecule has 3 N–H and O–H groups in total. The maximum atomic E-state index is 15.3. The summed E-state index contributed by atoms with van der Waals surface area (Å²) in [5.41, 5.74) is 8.15. The second kappa shape index (κ2) is 7.62. The van der Waals surface area contributed by atoms with Gasteiger partial charge in [-0.15, -0.1) is 0 Å². The molecule has 8 heteroatoms. The van der Waals surface area contributed by atoms with Gasteiger partial charge < -0.3 is 15.6 Å². The number of pyridine rings is 3. The van der Waals surface area contributed by atoms with Crippen LogP contribution in [-0.4, -0.2) is 34.2 Å². The van der Waals surface area contributed by atoms with E-state index in [9.17, 15) is 14.7 Å². The first kappa shape index (κ1) is 20.2. The van der Waals surface area contributed by atoms with Gasteiger partial charge in [-0.05, 0) is 54.5 Å². The average Bonchev–Trinajstić information content (AvgIpc) is 3.54. The Labute approximate surface area is 171 Å². The summed E-state index contributed by atoms with van der Waals surface area (Å²) in [7, 11) is 1.53. The minimum absolute atomic E-state index is 0.148. The molecule has 4 rings (SSSR count). The highest BCUT2D eigenvalue weighted by molar-refractivity contribution is 5.89. The zero-order chi connectivity index (χ0) is 21.6. The first-order valence-electron chi connectivity index (χ1n) is 9.66. The largest absolute Gasteiger partial charge is 0.477 e. The van der Waals surface area contributed by atoms with Crippen LogP contribution in [0.5, 0.6) is 0 Å². The highest BCUT2D eigenvalue weighted by Gasteiger charge is 2.30. The summed E-state index contributed by atoms with van der Waals surface area (Å²) in [6.07, 6.45) is 4.40. The molecule has 1 fully saturated rings. The molecule has 0 amide bonds. The summed E-state index contributed by atoms with van der Waals surface area (Å²) in [5, 5.41) is 9.43. The van der Waals surface area contributed by atoms with E-state index in [4.69, 9.17) is 10.5 Å². The van der Waals surface area contributed by atoms with Crippen molar-refractivity contribution >= 4 is 11.5 Å². The van der Waals surface area contributed by atoms with Gasteiger partial charge in [-0.1, -0.05) is 6.07 Å². The van der Waals surface area contributed by atoms with Crippen LogP contribution in [0.4, 0.5) is 4.39 Å². The number of carboxylic acids is 1. The second-order valence-electron chi connectivity index (χ2n) is 7.60. The molecule has 0 spiro atoms. The molecule has 30 heavy (non-hydrogen) atoms. The van der Waals surface area contributed by atoms with Gasteiger partial charge in [-0.2, -0.15) is 0 Å². The Morgan fingerprint density at radius 2 is 2.20 bits per heavy atom. The van der Waals surface area contributed by atoms with Crippen LogP contribution in [0.15, 0.2) is 35.4 Å². The molecular formula is C22H22FN3O4. The predicted molar refractivity (Wildman–Crippen MR) is 109 cm³/mol. The van der Waals surface area contributed by atoms with E-state index in [-0.39, 0.29) is 23.7 Å². The number of fused-ring (bicyclic) bond motifs is 1. The monoisotopic (exact) mass is 411 g/mol. The van der Waals surface area contributed by atoms with E-state index in [2.05, 4.69) is 4.98 Å². The molecule has 1 unspecified atom stereocenters. The summed E-state index contributed by atoms with van der Waals surface area (Å²) in [5.74, 6) is -1.85. The van der Waals surface area contributed by atoms with Gasteiger partial charge in [0.1, 0.15) is 11.4 Å². The number of aryl methyl sites for hydroxylation is 1. The van der Waals surface area contributed by atoms with Crippen molar-refractivity contribution in [3.05, 3.63) is 69.0 Å². The maximum Gasteiger partial charge on any atom is 0.341 e. The molecule has 3 aromatic rings. The van der Waals surface area contributed by atoms with E-state index >= 15 is 4.39 Å². The lowest BCUT2D eigenvalue weighted by molar-refractivity contribution is 0.0694. The van der Waals surface area contributed by atoms with Gasteiger partial charge in [-0.3, -0.25) is 14.2 Å². The van der Waals surface area contributed by atoms with Crippen LogP contribution in [0, 0.1) is 12.7 Å². The lowest BCUT2D eigenvalue weighted by Gasteiger charge is -2.19. The van der Waals surface area contributed by atoms with Gasteiger partial charge in [0.15, 0.2) is 0 Å². The van der Waals surface area contributed by atoms with Gasteiger partial charge in [0, 0.05) is 25.1 Å². The number of hydrogen-bond donors (Lipinski definition) is 2.